The molecule has 0 heterocycles. The Balaban J connectivity index is 4.24. The molecule has 0 aliphatic rings. The largest absolute Gasteiger partial charge is 0.396 e. The highest BCUT2D eigenvalue weighted by atomic mass is 16.3. The lowest BCUT2D eigenvalue weighted by Gasteiger charge is -2.30. The first-order valence-corrected chi connectivity index (χ1v) is 7.20. The number of hydrogen-bond acceptors (Lipinski definition) is 4. The van der Waals surface area contributed by atoms with E-state index in [1.807, 2.05) is 0 Å². The number of hydrogen-bond donors (Lipinski definition) is 2. The molecule has 0 saturated carbocycles. The van der Waals surface area contributed by atoms with Crippen LogP contribution in [0, 0.1) is 5.92 Å². The van der Waals surface area contributed by atoms with Gasteiger partial charge in [0.1, 0.15) is 0 Å². The fraction of sp³-hybridized carbons (Fsp3) is 1.00. The van der Waals surface area contributed by atoms with Crippen LogP contribution in [0.4, 0.5) is 0 Å². The molecule has 0 saturated heterocycles. The Kier molecular flexibility index (Phi) is 10.6. The molecule has 0 aromatic rings. The van der Waals surface area contributed by atoms with E-state index >= 15 is 0 Å². The maximum Gasteiger partial charge on any atom is 0.0446 e. The molecule has 18 heavy (non-hydrogen) atoms. The van der Waals surface area contributed by atoms with Crippen LogP contribution >= 0.6 is 0 Å². The minimum absolute atomic E-state index is 0.265. The van der Waals surface area contributed by atoms with E-state index in [4.69, 9.17) is 5.11 Å². The van der Waals surface area contributed by atoms with Crippen LogP contribution in [0.15, 0.2) is 0 Å². The molecule has 2 N–H and O–H groups in total. The molecule has 4 heteroatoms. The summed E-state index contributed by atoms with van der Waals surface area (Å²) in [5.41, 5.74) is 0. The smallest absolute Gasteiger partial charge is 0.0446 e. The zero-order chi connectivity index (χ0) is 14.0. The van der Waals surface area contributed by atoms with E-state index in [1.165, 1.54) is 0 Å². The lowest BCUT2D eigenvalue weighted by molar-refractivity contribution is 0.181. The average molecular weight is 259 g/mol. The second-order valence-corrected chi connectivity index (χ2v) is 5.72. The quantitative estimate of drug-likeness (QED) is 0.577. The summed E-state index contributed by atoms with van der Waals surface area (Å²) >= 11 is 0. The third-order valence-corrected chi connectivity index (χ3v) is 2.94. The van der Waals surface area contributed by atoms with Gasteiger partial charge in [0.15, 0.2) is 0 Å². The minimum Gasteiger partial charge on any atom is -0.396 e. The van der Waals surface area contributed by atoms with Crippen LogP contribution in [0.3, 0.4) is 0 Å². The van der Waals surface area contributed by atoms with Gasteiger partial charge in [0.05, 0.1) is 0 Å². The molecular weight excluding hydrogens is 226 g/mol. The Bertz CT molecular complexity index is 180. The summed E-state index contributed by atoms with van der Waals surface area (Å²) in [7, 11) is 4.23. The van der Waals surface area contributed by atoms with Crippen molar-refractivity contribution in [3.8, 4) is 0 Å². The normalized spacial score (nSPS) is 13.8. The molecule has 0 aliphatic heterocycles. The zero-order valence-electron chi connectivity index (χ0n) is 12.9. The molecular formula is C14H33N3O. The zero-order valence-corrected chi connectivity index (χ0v) is 12.9. The number of aliphatic hydroxyl groups is 1. The van der Waals surface area contributed by atoms with Crippen LogP contribution in [-0.4, -0.2) is 74.4 Å². The van der Waals surface area contributed by atoms with Gasteiger partial charge in [-0.3, -0.25) is 0 Å². The summed E-state index contributed by atoms with van der Waals surface area (Å²) in [5, 5.41) is 12.6. The lowest BCUT2D eigenvalue weighted by Crippen LogP contribution is -2.44. The topological polar surface area (TPSA) is 38.7 Å². The second kappa shape index (κ2) is 10.7. The Labute approximate surface area is 113 Å². The third-order valence-electron chi connectivity index (χ3n) is 2.94. The predicted molar refractivity (Wildman–Crippen MR) is 79.0 cm³/mol. The van der Waals surface area contributed by atoms with Crippen LogP contribution in [-0.2, 0) is 0 Å². The summed E-state index contributed by atoms with van der Waals surface area (Å²) in [6, 6.07) is 0.404. The van der Waals surface area contributed by atoms with Crippen molar-refractivity contribution in [1.82, 2.24) is 15.1 Å². The van der Waals surface area contributed by atoms with Gasteiger partial charge < -0.3 is 20.2 Å². The molecule has 110 valence electrons. The summed E-state index contributed by atoms with van der Waals surface area (Å²) in [5.74, 6) is 0.684. The Morgan fingerprint density at radius 1 is 1.11 bits per heavy atom. The van der Waals surface area contributed by atoms with E-state index in [-0.39, 0.29) is 6.61 Å². The first-order valence-electron chi connectivity index (χ1n) is 7.20. The Morgan fingerprint density at radius 2 is 1.78 bits per heavy atom. The van der Waals surface area contributed by atoms with Crippen LogP contribution in [0.25, 0.3) is 0 Å². The standard InChI is InChI=1S/C14H33N3O/c1-6-15-14(7-10-18)12-17(11-13(2)3)9-8-16(4)5/h13-15,18H,6-12H2,1-5H3. The molecule has 0 bridgehead atoms. The summed E-state index contributed by atoms with van der Waals surface area (Å²) in [6.07, 6.45) is 0.838. The average Bonchev–Trinajstić information content (AvgIpc) is 2.25. The van der Waals surface area contributed by atoms with E-state index < -0.39 is 0 Å². The molecule has 0 aromatic carbocycles. The van der Waals surface area contributed by atoms with E-state index in [0.29, 0.717) is 12.0 Å². The Hall–Kier alpha value is -0.160. The predicted octanol–water partition coefficient (Wildman–Crippen LogP) is 0.867. The molecule has 0 amide bonds. The van der Waals surface area contributed by atoms with E-state index in [0.717, 1.165) is 39.1 Å². The van der Waals surface area contributed by atoms with Crippen LogP contribution < -0.4 is 5.32 Å². The van der Waals surface area contributed by atoms with E-state index in [2.05, 4.69) is 50.0 Å². The summed E-state index contributed by atoms with van der Waals surface area (Å²) < 4.78 is 0. The molecule has 0 radical (unpaired) electrons. The molecule has 1 unspecified atom stereocenters. The van der Waals surface area contributed by atoms with Crippen molar-refractivity contribution in [2.45, 2.75) is 33.2 Å². The van der Waals surface area contributed by atoms with Crippen LogP contribution in [0.1, 0.15) is 27.2 Å². The fourth-order valence-electron chi connectivity index (χ4n) is 2.13. The molecule has 1 atom stereocenters. The van der Waals surface area contributed by atoms with Crippen molar-refractivity contribution in [3.63, 3.8) is 0 Å². The monoisotopic (exact) mass is 259 g/mol. The van der Waals surface area contributed by atoms with Gasteiger partial charge in [0.25, 0.3) is 0 Å². The number of nitrogens with zero attached hydrogens (tertiary/aromatic N) is 2. The van der Waals surface area contributed by atoms with Gasteiger partial charge in [-0.1, -0.05) is 20.8 Å². The third kappa shape index (κ3) is 9.83. The number of aliphatic hydroxyl groups excluding tert-OH is 1. The lowest BCUT2D eigenvalue weighted by atomic mass is 10.1. The number of rotatable bonds is 11. The molecule has 0 aromatic heterocycles. The van der Waals surface area contributed by atoms with Crippen molar-refractivity contribution in [1.29, 1.82) is 0 Å². The van der Waals surface area contributed by atoms with E-state index in [9.17, 15) is 0 Å². The van der Waals surface area contributed by atoms with Crippen molar-refractivity contribution < 1.29 is 5.11 Å². The SMILES string of the molecule is CCNC(CCO)CN(CCN(C)C)CC(C)C. The first kappa shape index (κ1) is 17.8. The maximum absolute atomic E-state index is 9.11. The van der Waals surface area contributed by atoms with Crippen molar-refractivity contribution >= 4 is 0 Å². The highest BCUT2D eigenvalue weighted by Gasteiger charge is 2.14. The van der Waals surface area contributed by atoms with Crippen LogP contribution in [0.5, 0.6) is 0 Å². The highest BCUT2D eigenvalue weighted by Crippen LogP contribution is 2.02. The molecule has 0 fully saturated rings. The van der Waals surface area contributed by atoms with Gasteiger partial charge in [-0.05, 0) is 33.0 Å². The number of nitrogens with one attached hydrogen (secondary N) is 1. The van der Waals surface area contributed by atoms with Gasteiger partial charge in [-0.2, -0.15) is 0 Å². The molecule has 0 aliphatic carbocycles. The van der Waals surface area contributed by atoms with Gasteiger partial charge in [-0.25, -0.2) is 0 Å². The fourth-order valence-corrected chi connectivity index (χ4v) is 2.13. The van der Waals surface area contributed by atoms with Gasteiger partial charge in [0, 0.05) is 38.8 Å². The highest BCUT2D eigenvalue weighted by molar-refractivity contribution is 4.73. The minimum atomic E-state index is 0.265. The van der Waals surface area contributed by atoms with Gasteiger partial charge in [0.2, 0.25) is 0 Å². The van der Waals surface area contributed by atoms with Crippen molar-refractivity contribution in [2.24, 2.45) is 5.92 Å². The molecule has 0 rings (SSSR count). The van der Waals surface area contributed by atoms with Crippen LogP contribution in [0.2, 0.25) is 0 Å². The summed E-state index contributed by atoms with van der Waals surface area (Å²) in [6.45, 7) is 12.2. The molecule has 0 spiro atoms. The van der Waals surface area contributed by atoms with Gasteiger partial charge >= 0.3 is 0 Å². The van der Waals surface area contributed by atoms with Crippen molar-refractivity contribution in [3.05, 3.63) is 0 Å². The van der Waals surface area contributed by atoms with E-state index in [1.54, 1.807) is 0 Å². The maximum atomic E-state index is 9.11. The molecule has 4 nitrogen and oxygen atoms in total. The first-order chi connectivity index (χ1) is 8.49. The van der Waals surface area contributed by atoms with Crippen molar-refractivity contribution in [2.75, 3.05) is 53.4 Å². The Morgan fingerprint density at radius 3 is 2.22 bits per heavy atom. The second-order valence-electron chi connectivity index (χ2n) is 5.72. The number of likely N-dealkylation sites (N-methyl/N-ethyl adjacent to an activating group) is 2. The van der Waals surface area contributed by atoms with Gasteiger partial charge in [-0.15, -0.1) is 0 Å². The summed E-state index contributed by atoms with van der Waals surface area (Å²) in [4.78, 5) is 4.73.